The molecule has 2 aliphatic rings. The molecule has 1 saturated heterocycles. The summed E-state index contributed by atoms with van der Waals surface area (Å²) in [7, 11) is 0. The first-order valence-corrected chi connectivity index (χ1v) is 8.71. The largest absolute Gasteiger partial charge is 0.475 e. The molecule has 0 aromatic heterocycles. The summed E-state index contributed by atoms with van der Waals surface area (Å²) in [5.41, 5.74) is 2.45. The minimum absolute atomic E-state index is 0.0718. The maximum Gasteiger partial charge on any atom is 0.212 e. The van der Waals surface area contributed by atoms with Gasteiger partial charge in [-0.05, 0) is 47.5 Å². The molecule has 0 saturated carbocycles. The zero-order chi connectivity index (χ0) is 15.7. The van der Waals surface area contributed by atoms with Crippen LogP contribution in [0.1, 0.15) is 47.5 Å². The minimum Gasteiger partial charge on any atom is -0.475 e. The summed E-state index contributed by atoms with van der Waals surface area (Å²) in [6, 6.07) is 0. The highest BCUT2D eigenvalue weighted by atomic mass is 79.9. The molecule has 0 bridgehead atoms. The van der Waals surface area contributed by atoms with Gasteiger partial charge < -0.3 is 9.47 Å². The number of nitrogens with one attached hydrogen (secondary N) is 1. The third kappa shape index (κ3) is 4.54. The minimum atomic E-state index is -0.114. The van der Waals surface area contributed by atoms with Crippen molar-refractivity contribution in [1.82, 2.24) is 5.32 Å². The Morgan fingerprint density at radius 1 is 1.33 bits per heavy atom. The van der Waals surface area contributed by atoms with Gasteiger partial charge in [0.05, 0.1) is 12.1 Å². The van der Waals surface area contributed by atoms with Crippen molar-refractivity contribution in [2.24, 2.45) is 4.99 Å². The molecule has 1 unspecified atom stereocenters. The molecular formula is C16H27BrN2O2. The number of hydrogen-bond donors (Lipinski definition) is 1. The van der Waals surface area contributed by atoms with Gasteiger partial charge in [0.1, 0.15) is 12.8 Å². The van der Waals surface area contributed by atoms with Crippen LogP contribution < -0.4 is 5.32 Å². The number of hydrogen-bond acceptors (Lipinski definition) is 4. The Balaban J connectivity index is 2.03. The summed E-state index contributed by atoms with van der Waals surface area (Å²) >= 11 is 3.55. The normalized spacial score (nSPS) is 28.1. The second-order valence-electron chi connectivity index (χ2n) is 7.28. The summed E-state index contributed by atoms with van der Waals surface area (Å²) in [5.74, 6) is 0.814. The predicted octanol–water partition coefficient (Wildman–Crippen LogP) is 3.41. The van der Waals surface area contributed by atoms with Gasteiger partial charge in [0.25, 0.3) is 0 Å². The molecule has 0 spiro atoms. The van der Waals surface area contributed by atoms with Crippen molar-refractivity contribution >= 4 is 21.8 Å². The van der Waals surface area contributed by atoms with Crippen LogP contribution in [0.5, 0.6) is 0 Å². The van der Waals surface area contributed by atoms with E-state index >= 15 is 0 Å². The number of rotatable bonds is 5. The van der Waals surface area contributed by atoms with Crippen LogP contribution in [-0.4, -0.2) is 41.7 Å². The van der Waals surface area contributed by atoms with Crippen LogP contribution in [0.3, 0.4) is 0 Å². The number of halogens is 1. The monoisotopic (exact) mass is 358 g/mol. The number of alkyl halides is 1. The van der Waals surface area contributed by atoms with Crippen molar-refractivity contribution in [1.29, 1.82) is 0 Å². The lowest BCUT2D eigenvalue weighted by Crippen LogP contribution is -2.39. The molecule has 0 amide bonds. The Labute approximate surface area is 136 Å². The fraction of sp³-hybridized carbons (Fsp3) is 0.812. The molecule has 0 aliphatic carbocycles. The molecule has 1 atom stereocenters. The van der Waals surface area contributed by atoms with Gasteiger partial charge in [0.15, 0.2) is 0 Å². The fourth-order valence-corrected chi connectivity index (χ4v) is 2.92. The quantitative estimate of drug-likeness (QED) is 0.765. The first-order valence-electron chi connectivity index (χ1n) is 7.59. The van der Waals surface area contributed by atoms with Gasteiger partial charge >= 0.3 is 0 Å². The Bertz CT molecular complexity index is 455. The van der Waals surface area contributed by atoms with E-state index < -0.39 is 0 Å². The van der Waals surface area contributed by atoms with Crippen molar-refractivity contribution in [3.8, 4) is 0 Å². The topological polar surface area (TPSA) is 42.8 Å². The van der Waals surface area contributed by atoms with Crippen LogP contribution in [0.25, 0.3) is 0 Å². The Morgan fingerprint density at radius 2 is 2.05 bits per heavy atom. The molecule has 4 nitrogen and oxygen atoms in total. The SMILES string of the molecule is C/C(CBr)=C(\CCC1NC(C)(C)CO1)C1=NC(C)(C)CO1. The maximum absolute atomic E-state index is 5.82. The van der Waals surface area contributed by atoms with Crippen LogP contribution in [0.2, 0.25) is 0 Å². The lowest BCUT2D eigenvalue weighted by Gasteiger charge is -2.18. The van der Waals surface area contributed by atoms with E-state index in [4.69, 9.17) is 14.5 Å². The van der Waals surface area contributed by atoms with Crippen molar-refractivity contribution in [2.45, 2.75) is 64.8 Å². The second kappa shape index (κ2) is 6.39. The molecule has 1 fully saturated rings. The molecule has 0 radical (unpaired) electrons. The molecule has 120 valence electrons. The standard InChI is InChI=1S/C16H27BrN2O2/c1-11(8-17)12(14-19-16(4,5)10-21-14)6-7-13-18-15(2,3)9-20-13/h13,18H,6-10H2,1-5H3/b12-11-. The summed E-state index contributed by atoms with van der Waals surface area (Å²) < 4.78 is 11.6. The van der Waals surface area contributed by atoms with E-state index in [0.717, 1.165) is 30.7 Å². The average Bonchev–Trinajstić information content (AvgIpc) is 2.92. The van der Waals surface area contributed by atoms with Crippen molar-refractivity contribution in [2.75, 3.05) is 18.5 Å². The Morgan fingerprint density at radius 3 is 2.52 bits per heavy atom. The van der Waals surface area contributed by atoms with Crippen LogP contribution in [0.15, 0.2) is 16.1 Å². The van der Waals surface area contributed by atoms with Crippen molar-refractivity contribution < 1.29 is 9.47 Å². The summed E-state index contributed by atoms with van der Waals surface area (Å²) in [5, 5.41) is 4.35. The molecule has 2 rings (SSSR count). The van der Waals surface area contributed by atoms with Gasteiger partial charge in [-0.15, -0.1) is 0 Å². The molecule has 2 aliphatic heterocycles. The maximum atomic E-state index is 5.82. The van der Waals surface area contributed by atoms with Gasteiger partial charge in [-0.25, -0.2) is 4.99 Å². The van der Waals surface area contributed by atoms with E-state index in [-0.39, 0.29) is 17.3 Å². The molecule has 5 heteroatoms. The fourth-order valence-electron chi connectivity index (χ4n) is 2.58. The lowest BCUT2D eigenvalue weighted by molar-refractivity contribution is 0.0921. The molecule has 21 heavy (non-hydrogen) atoms. The van der Waals surface area contributed by atoms with Crippen LogP contribution in [0, 0.1) is 0 Å². The highest BCUT2D eigenvalue weighted by molar-refractivity contribution is 9.09. The smallest absolute Gasteiger partial charge is 0.212 e. The van der Waals surface area contributed by atoms with E-state index in [2.05, 4.69) is 55.9 Å². The Hall–Kier alpha value is -0.390. The summed E-state index contributed by atoms with van der Waals surface area (Å²) in [4.78, 5) is 4.72. The predicted molar refractivity (Wildman–Crippen MR) is 90.1 cm³/mol. The molecule has 1 N–H and O–H groups in total. The van der Waals surface area contributed by atoms with E-state index in [1.54, 1.807) is 0 Å². The van der Waals surface area contributed by atoms with Crippen LogP contribution >= 0.6 is 15.9 Å². The van der Waals surface area contributed by atoms with Crippen LogP contribution in [-0.2, 0) is 9.47 Å². The zero-order valence-electron chi connectivity index (χ0n) is 13.8. The van der Waals surface area contributed by atoms with Crippen molar-refractivity contribution in [3.63, 3.8) is 0 Å². The zero-order valence-corrected chi connectivity index (χ0v) is 15.3. The van der Waals surface area contributed by atoms with E-state index in [1.807, 2.05) is 0 Å². The molecular weight excluding hydrogens is 332 g/mol. The molecule has 2 heterocycles. The first-order chi connectivity index (χ1) is 9.72. The molecule has 0 aromatic carbocycles. The highest BCUT2D eigenvalue weighted by Crippen LogP contribution is 2.27. The average molecular weight is 359 g/mol. The summed E-state index contributed by atoms with van der Waals surface area (Å²) in [6.45, 7) is 12.1. The first kappa shape index (κ1) is 17.0. The third-order valence-electron chi connectivity index (χ3n) is 3.79. The van der Waals surface area contributed by atoms with Gasteiger partial charge in [-0.3, -0.25) is 5.32 Å². The lowest BCUT2D eigenvalue weighted by atomic mass is 10.0. The van der Waals surface area contributed by atoms with E-state index in [1.165, 1.54) is 11.1 Å². The van der Waals surface area contributed by atoms with Gasteiger partial charge in [0.2, 0.25) is 5.90 Å². The second-order valence-corrected chi connectivity index (χ2v) is 7.84. The van der Waals surface area contributed by atoms with Crippen LogP contribution in [0.4, 0.5) is 0 Å². The van der Waals surface area contributed by atoms with E-state index in [0.29, 0.717) is 6.61 Å². The van der Waals surface area contributed by atoms with E-state index in [9.17, 15) is 0 Å². The highest BCUT2D eigenvalue weighted by Gasteiger charge is 2.32. The number of nitrogens with zero attached hydrogens (tertiary/aromatic N) is 1. The number of ether oxygens (including phenoxy) is 2. The molecule has 0 aromatic rings. The third-order valence-corrected chi connectivity index (χ3v) is 4.63. The van der Waals surface area contributed by atoms with Gasteiger partial charge in [0, 0.05) is 16.4 Å². The number of allylic oxidation sites excluding steroid dienone is 1. The Kier molecular flexibility index (Phi) is 5.16. The van der Waals surface area contributed by atoms with Crippen molar-refractivity contribution in [3.05, 3.63) is 11.1 Å². The van der Waals surface area contributed by atoms with Gasteiger partial charge in [-0.2, -0.15) is 0 Å². The number of aliphatic imine (C=N–C) groups is 1. The summed E-state index contributed by atoms with van der Waals surface area (Å²) in [6.07, 6.45) is 1.97. The van der Waals surface area contributed by atoms with Gasteiger partial charge in [-0.1, -0.05) is 21.5 Å².